The molecule has 4 nitrogen and oxygen atoms in total. The van der Waals surface area contributed by atoms with E-state index >= 15 is 0 Å². The van der Waals surface area contributed by atoms with Crippen molar-refractivity contribution in [3.63, 3.8) is 0 Å². The third-order valence-corrected chi connectivity index (χ3v) is 2.33. The van der Waals surface area contributed by atoms with Crippen LogP contribution in [0.2, 0.25) is 0 Å². The summed E-state index contributed by atoms with van der Waals surface area (Å²) in [4.78, 5) is 0.428. The highest BCUT2D eigenvalue weighted by atomic mass is 32.2. The first-order valence-corrected chi connectivity index (χ1v) is 4.78. The summed E-state index contributed by atoms with van der Waals surface area (Å²) in [6, 6.07) is 0. The van der Waals surface area contributed by atoms with Gasteiger partial charge in [0, 0.05) is 19.5 Å². The molecule has 1 rings (SSSR count). The molecule has 11 heavy (non-hydrogen) atoms. The number of nitrogens with one attached hydrogen (secondary N) is 2. The Labute approximate surface area is 67.5 Å². The third kappa shape index (κ3) is 3.00. The Kier molecular flexibility index (Phi) is 3.55. The topological polar surface area (TPSA) is 58.2 Å². The van der Waals surface area contributed by atoms with Crippen molar-refractivity contribution in [2.45, 2.75) is 12.8 Å². The summed E-state index contributed by atoms with van der Waals surface area (Å²) in [5, 5.41) is 6.02. The van der Waals surface area contributed by atoms with Gasteiger partial charge in [-0.25, -0.2) is 0 Å². The van der Waals surface area contributed by atoms with E-state index < -0.39 is 10.3 Å². The van der Waals surface area contributed by atoms with Crippen molar-refractivity contribution in [3.05, 3.63) is 0 Å². The van der Waals surface area contributed by atoms with E-state index in [0.29, 0.717) is 11.4 Å². The van der Waals surface area contributed by atoms with E-state index in [1.807, 2.05) is 0 Å². The smallest absolute Gasteiger partial charge is 0.228 e. The summed E-state index contributed by atoms with van der Waals surface area (Å²) in [6.45, 7) is 2.46. The van der Waals surface area contributed by atoms with Crippen molar-refractivity contribution in [2.24, 2.45) is 0 Å². The first-order valence-electron chi connectivity index (χ1n) is 3.70. The maximum Gasteiger partial charge on any atom is 0.228 e. The lowest BCUT2D eigenvalue weighted by atomic mass is 10.3. The van der Waals surface area contributed by atoms with Crippen LogP contribution in [-0.2, 0) is 10.3 Å². The maximum absolute atomic E-state index is 10.5. The predicted octanol–water partition coefficient (Wildman–Crippen LogP) is -1.03. The average molecular weight is 176 g/mol. The molecule has 0 bridgehead atoms. The van der Waals surface area contributed by atoms with E-state index in [1.165, 1.54) is 0 Å². The summed E-state index contributed by atoms with van der Waals surface area (Å²) >= 11 is 0. The molecule has 1 fully saturated rings. The van der Waals surface area contributed by atoms with Gasteiger partial charge < -0.3 is 5.32 Å². The van der Waals surface area contributed by atoms with Gasteiger partial charge in [0.2, 0.25) is 10.3 Å². The number of hydrogen-bond donors (Lipinski definition) is 2. The van der Waals surface area contributed by atoms with Gasteiger partial charge >= 0.3 is 0 Å². The maximum atomic E-state index is 10.5. The minimum atomic E-state index is -2.06. The second kappa shape index (κ2) is 4.48. The van der Waals surface area contributed by atoms with Crippen molar-refractivity contribution in [2.75, 3.05) is 19.6 Å². The van der Waals surface area contributed by atoms with Crippen LogP contribution in [0.3, 0.4) is 0 Å². The van der Waals surface area contributed by atoms with E-state index in [-0.39, 0.29) is 0 Å². The van der Waals surface area contributed by atoms with Gasteiger partial charge in [0.25, 0.3) is 0 Å². The monoisotopic (exact) mass is 176 g/mol. The van der Waals surface area contributed by atoms with Crippen LogP contribution >= 0.6 is 0 Å². The van der Waals surface area contributed by atoms with E-state index in [2.05, 4.69) is 10.6 Å². The molecule has 0 unspecified atom stereocenters. The van der Waals surface area contributed by atoms with Crippen molar-refractivity contribution in [1.82, 2.24) is 10.6 Å². The van der Waals surface area contributed by atoms with Crippen molar-refractivity contribution < 1.29 is 8.42 Å². The molecule has 2 N–H and O–H groups in total. The van der Waals surface area contributed by atoms with Crippen LogP contribution in [-0.4, -0.2) is 33.0 Å². The Morgan fingerprint density at radius 3 is 2.73 bits per heavy atom. The molecule has 0 atom stereocenters. The van der Waals surface area contributed by atoms with Crippen LogP contribution in [0.15, 0.2) is 0 Å². The molecule has 0 saturated carbocycles. The highest BCUT2D eigenvalue weighted by molar-refractivity contribution is 7.72. The molecule has 1 aliphatic heterocycles. The molecule has 0 aliphatic carbocycles. The third-order valence-electron chi connectivity index (χ3n) is 1.58. The molecule has 0 aromatic rings. The van der Waals surface area contributed by atoms with E-state index in [1.54, 1.807) is 0 Å². The lowest BCUT2D eigenvalue weighted by Crippen LogP contribution is -2.34. The summed E-state index contributed by atoms with van der Waals surface area (Å²) in [5.41, 5.74) is 0. The predicted molar refractivity (Wildman–Crippen MR) is 44.0 cm³/mol. The largest absolute Gasteiger partial charge is 0.316 e. The number of rotatable bonds is 0. The average Bonchev–Trinajstić information content (AvgIpc) is 1.84. The Bertz CT molecular complexity index is 227. The van der Waals surface area contributed by atoms with Crippen molar-refractivity contribution in [3.8, 4) is 0 Å². The summed E-state index contributed by atoms with van der Waals surface area (Å²) in [6.07, 6.45) is 1.55. The lowest BCUT2D eigenvalue weighted by Gasteiger charge is -2.10. The van der Waals surface area contributed by atoms with Gasteiger partial charge in [0.05, 0.1) is 0 Å². The molecule has 1 saturated heterocycles. The minimum absolute atomic E-state index is 0.428. The lowest BCUT2D eigenvalue weighted by molar-refractivity contribution is 0.612. The summed E-state index contributed by atoms with van der Waals surface area (Å²) in [5.74, 6) is 0. The minimum Gasteiger partial charge on any atom is -0.316 e. The van der Waals surface area contributed by atoms with Crippen LogP contribution in [0.25, 0.3) is 0 Å². The van der Waals surface area contributed by atoms with Gasteiger partial charge in [0.15, 0.2) is 0 Å². The van der Waals surface area contributed by atoms with Gasteiger partial charge in [0.1, 0.15) is 4.99 Å². The molecule has 0 aromatic heterocycles. The van der Waals surface area contributed by atoms with E-state index in [4.69, 9.17) is 0 Å². The van der Waals surface area contributed by atoms with E-state index in [0.717, 1.165) is 26.1 Å². The molecule has 1 aliphatic rings. The fourth-order valence-corrected chi connectivity index (χ4v) is 1.49. The van der Waals surface area contributed by atoms with Gasteiger partial charge in [-0.3, -0.25) is 5.32 Å². The SMILES string of the molecule is O=S(=O)=C1CCNCCCN1. The fraction of sp³-hybridized carbons (Fsp3) is 0.833. The Hall–Kier alpha value is -0.390. The highest BCUT2D eigenvalue weighted by Crippen LogP contribution is 1.85. The van der Waals surface area contributed by atoms with Gasteiger partial charge in [-0.2, -0.15) is 8.42 Å². The molecular formula is C6H12N2O2S. The number of hydrogen-bond acceptors (Lipinski definition) is 3. The van der Waals surface area contributed by atoms with Gasteiger partial charge in [-0.05, 0) is 13.0 Å². The standard InChI is InChI=1S/C6H12N2O2S/c9-11(10)6-2-5-7-3-1-4-8-6/h7-8H,1-5H2. The van der Waals surface area contributed by atoms with Crippen LogP contribution in [0.1, 0.15) is 12.8 Å². The molecule has 0 aromatic carbocycles. The van der Waals surface area contributed by atoms with Crippen LogP contribution in [0.5, 0.6) is 0 Å². The normalized spacial score (nSPS) is 20.5. The molecule has 0 spiro atoms. The Morgan fingerprint density at radius 2 is 2.00 bits per heavy atom. The second-order valence-electron chi connectivity index (χ2n) is 2.44. The quantitative estimate of drug-likeness (QED) is 0.463. The first kappa shape index (κ1) is 8.70. The Balaban J connectivity index is 2.59. The summed E-state index contributed by atoms with van der Waals surface area (Å²) in [7, 11) is -2.06. The zero-order chi connectivity index (χ0) is 8.10. The molecule has 64 valence electrons. The molecule has 0 amide bonds. The van der Waals surface area contributed by atoms with Gasteiger partial charge in [-0.15, -0.1) is 0 Å². The first-order chi connectivity index (χ1) is 5.30. The zero-order valence-corrected chi connectivity index (χ0v) is 7.08. The van der Waals surface area contributed by atoms with Crippen molar-refractivity contribution >= 4 is 15.3 Å². The summed E-state index contributed by atoms with van der Waals surface area (Å²) < 4.78 is 21.0. The second-order valence-corrected chi connectivity index (χ2v) is 3.40. The highest BCUT2D eigenvalue weighted by Gasteiger charge is 2.03. The molecule has 5 heteroatoms. The van der Waals surface area contributed by atoms with Crippen LogP contribution in [0.4, 0.5) is 0 Å². The Morgan fingerprint density at radius 1 is 1.18 bits per heavy atom. The van der Waals surface area contributed by atoms with Gasteiger partial charge in [-0.1, -0.05) is 0 Å². The molecule has 1 heterocycles. The van der Waals surface area contributed by atoms with Crippen molar-refractivity contribution in [1.29, 1.82) is 0 Å². The molecule has 0 radical (unpaired) electrons. The van der Waals surface area contributed by atoms with Crippen LogP contribution in [0, 0.1) is 0 Å². The molecular weight excluding hydrogens is 164 g/mol. The van der Waals surface area contributed by atoms with Crippen LogP contribution < -0.4 is 10.6 Å². The zero-order valence-electron chi connectivity index (χ0n) is 6.26. The van der Waals surface area contributed by atoms with E-state index in [9.17, 15) is 8.42 Å². The fourth-order valence-electron chi connectivity index (χ4n) is 0.999.